The van der Waals surface area contributed by atoms with E-state index in [0.717, 1.165) is 29.0 Å². The molecule has 1 saturated carbocycles. The van der Waals surface area contributed by atoms with Crippen LogP contribution in [0.2, 0.25) is 0 Å². The molecular weight excluding hydrogens is 446 g/mol. The first-order valence-electron chi connectivity index (χ1n) is 11.6. The zero-order valence-corrected chi connectivity index (χ0v) is 19.9. The maximum atomic E-state index is 13.0. The largest absolute Gasteiger partial charge is 0.310 e. The average Bonchev–Trinajstić information content (AvgIpc) is 3.59. The molecule has 0 bridgehead atoms. The molecule has 3 aromatic heterocycles. The van der Waals surface area contributed by atoms with Crippen LogP contribution in [0.5, 0.6) is 0 Å². The normalized spacial score (nSPS) is 13.9. The van der Waals surface area contributed by atoms with Crippen LogP contribution in [0.25, 0.3) is 16.5 Å². The molecule has 1 aromatic carbocycles. The highest BCUT2D eigenvalue weighted by molar-refractivity contribution is 7.13. The number of benzene rings is 1. The number of carbonyl (C=O) groups excluding carboxylic acids is 1. The quantitative estimate of drug-likeness (QED) is 0.390. The van der Waals surface area contributed by atoms with Crippen molar-refractivity contribution in [1.29, 1.82) is 0 Å². The first-order valence-corrected chi connectivity index (χ1v) is 12.5. The summed E-state index contributed by atoms with van der Waals surface area (Å²) in [4.78, 5) is 34.3. The minimum Gasteiger partial charge on any atom is -0.310 e. The molecule has 0 atom stereocenters. The Kier molecular flexibility index (Phi) is 6.40. The lowest BCUT2D eigenvalue weighted by molar-refractivity contribution is -0.117. The first kappa shape index (κ1) is 22.3. The zero-order chi connectivity index (χ0) is 23.5. The molecule has 3 heterocycles. The summed E-state index contributed by atoms with van der Waals surface area (Å²) in [7, 11) is 0. The van der Waals surface area contributed by atoms with Crippen molar-refractivity contribution in [2.75, 3.05) is 5.32 Å². The molecule has 7 nitrogen and oxygen atoms in total. The Balaban J connectivity index is 1.47. The summed E-state index contributed by atoms with van der Waals surface area (Å²) in [5, 5.41) is 9.68. The number of amides is 1. The number of hydrogen-bond donors (Lipinski definition) is 2. The van der Waals surface area contributed by atoms with E-state index in [0.29, 0.717) is 41.8 Å². The number of hydrogen-bond acceptors (Lipinski definition) is 5. The van der Waals surface area contributed by atoms with Gasteiger partial charge in [0.2, 0.25) is 11.9 Å². The fourth-order valence-corrected chi connectivity index (χ4v) is 5.23. The molecule has 1 amide bonds. The molecule has 0 unspecified atom stereocenters. The lowest BCUT2D eigenvalue weighted by Crippen LogP contribution is -2.23. The Morgan fingerprint density at radius 1 is 1.18 bits per heavy atom. The van der Waals surface area contributed by atoms with Crippen LogP contribution in [0, 0.1) is 12.8 Å². The van der Waals surface area contributed by atoms with Gasteiger partial charge in [0.25, 0.3) is 5.56 Å². The number of aromatic amines is 1. The number of anilines is 1. The van der Waals surface area contributed by atoms with Gasteiger partial charge in [-0.15, -0.1) is 11.3 Å². The van der Waals surface area contributed by atoms with Gasteiger partial charge in [-0.25, -0.2) is 4.98 Å². The fourth-order valence-electron chi connectivity index (χ4n) is 4.55. The maximum absolute atomic E-state index is 13.0. The second-order valence-electron chi connectivity index (χ2n) is 8.82. The summed E-state index contributed by atoms with van der Waals surface area (Å²) < 4.78 is 1.53. The fraction of sp³-hybridized carbons (Fsp3) is 0.308. The molecule has 0 radical (unpaired) electrons. The molecule has 0 spiro atoms. The number of rotatable bonds is 7. The molecule has 1 aliphatic rings. The van der Waals surface area contributed by atoms with E-state index >= 15 is 0 Å². The number of H-pyrrole nitrogens is 1. The van der Waals surface area contributed by atoms with Crippen LogP contribution in [0.15, 0.2) is 58.7 Å². The van der Waals surface area contributed by atoms with Gasteiger partial charge in [-0.3, -0.25) is 14.6 Å². The van der Waals surface area contributed by atoms with E-state index in [1.807, 2.05) is 60.8 Å². The third kappa shape index (κ3) is 4.87. The standard InChI is InChI=1S/C26H27N5O2S/c1-17-20(14-18-8-3-2-4-9-18)25(33)29-26(27-17)31-23(16-21(30-31)22-12-7-13-34-22)28-24(32)15-19-10-5-6-11-19/h2-4,7-9,12-13,16,19H,5-6,10-11,14-15H2,1H3,(H,28,32)(H,27,29,33). The van der Waals surface area contributed by atoms with Gasteiger partial charge in [0, 0.05) is 24.5 Å². The maximum Gasteiger partial charge on any atom is 0.256 e. The van der Waals surface area contributed by atoms with Crippen LogP contribution < -0.4 is 10.9 Å². The third-order valence-corrected chi connectivity index (χ3v) is 7.23. The average molecular weight is 474 g/mol. The van der Waals surface area contributed by atoms with Crippen molar-refractivity contribution in [3.05, 3.63) is 81.1 Å². The molecule has 5 rings (SSSR count). The van der Waals surface area contributed by atoms with Crippen molar-refractivity contribution in [3.63, 3.8) is 0 Å². The van der Waals surface area contributed by atoms with Gasteiger partial charge in [0.05, 0.1) is 10.6 Å². The Morgan fingerprint density at radius 2 is 1.97 bits per heavy atom. The van der Waals surface area contributed by atoms with Crippen LogP contribution in [0.4, 0.5) is 5.82 Å². The van der Waals surface area contributed by atoms with Gasteiger partial charge in [-0.2, -0.15) is 9.78 Å². The lowest BCUT2D eigenvalue weighted by atomic mass is 10.0. The van der Waals surface area contributed by atoms with E-state index in [1.165, 1.54) is 17.5 Å². The smallest absolute Gasteiger partial charge is 0.256 e. The van der Waals surface area contributed by atoms with E-state index in [-0.39, 0.29) is 11.5 Å². The first-order chi connectivity index (χ1) is 16.6. The Labute approximate surface area is 201 Å². The summed E-state index contributed by atoms with van der Waals surface area (Å²) >= 11 is 1.57. The predicted octanol–water partition coefficient (Wildman–Crippen LogP) is 5.10. The highest BCUT2D eigenvalue weighted by Gasteiger charge is 2.21. The van der Waals surface area contributed by atoms with Crippen LogP contribution in [-0.2, 0) is 11.2 Å². The van der Waals surface area contributed by atoms with Gasteiger partial charge < -0.3 is 5.32 Å². The van der Waals surface area contributed by atoms with E-state index in [1.54, 1.807) is 11.3 Å². The lowest BCUT2D eigenvalue weighted by Gasteiger charge is -2.12. The van der Waals surface area contributed by atoms with Crippen LogP contribution in [0.3, 0.4) is 0 Å². The summed E-state index contributed by atoms with van der Waals surface area (Å²) in [5.41, 5.74) is 2.82. The van der Waals surface area contributed by atoms with Crippen molar-refractivity contribution in [3.8, 4) is 16.5 Å². The molecule has 4 aromatic rings. The van der Waals surface area contributed by atoms with Crippen LogP contribution in [0.1, 0.15) is 48.9 Å². The van der Waals surface area contributed by atoms with E-state index in [4.69, 9.17) is 0 Å². The number of aryl methyl sites for hydroxylation is 1. The van der Waals surface area contributed by atoms with Gasteiger partial charge >= 0.3 is 0 Å². The third-order valence-electron chi connectivity index (χ3n) is 6.33. The molecule has 2 N–H and O–H groups in total. The van der Waals surface area contributed by atoms with E-state index < -0.39 is 0 Å². The number of carbonyl (C=O) groups is 1. The summed E-state index contributed by atoms with van der Waals surface area (Å²) in [5.74, 6) is 1.19. The molecular formula is C26H27N5O2S. The van der Waals surface area contributed by atoms with Crippen molar-refractivity contribution >= 4 is 23.1 Å². The minimum absolute atomic E-state index is 0.0365. The van der Waals surface area contributed by atoms with E-state index in [2.05, 4.69) is 20.4 Å². The SMILES string of the molecule is Cc1nc(-n2nc(-c3cccs3)cc2NC(=O)CC2CCCC2)[nH]c(=O)c1Cc1ccccc1. The monoisotopic (exact) mass is 473 g/mol. The van der Waals surface area contributed by atoms with Crippen molar-refractivity contribution in [1.82, 2.24) is 19.7 Å². The van der Waals surface area contributed by atoms with Crippen LogP contribution in [-0.4, -0.2) is 25.7 Å². The number of thiophene rings is 1. The number of nitrogens with zero attached hydrogens (tertiary/aromatic N) is 3. The molecule has 1 fully saturated rings. The molecule has 34 heavy (non-hydrogen) atoms. The molecule has 8 heteroatoms. The molecule has 0 saturated heterocycles. The summed E-state index contributed by atoms with van der Waals surface area (Å²) in [6, 6.07) is 15.6. The zero-order valence-electron chi connectivity index (χ0n) is 19.1. The number of nitrogens with one attached hydrogen (secondary N) is 2. The Hall–Kier alpha value is -3.52. The Morgan fingerprint density at radius 3 is 2.68 bits per heavy atom. The second kappa shape index (κ2) is 9.77. The van der Waals surface area contributed by atoms with Gasteiger partial charge in [0.15, 0.2) is 0 Å². The van der Waals surface area contributed by atoms with Gasteiger partial charge in [-0.1, -0.05) is 49.2 Å². The van der Waals surface area contributed by atoms with Gasteiger partial charge in [0.1, 0.15) is 11.5 Å². The molecule has 174 valence electrons. The summed E-state index contributed by atoms with van der Waals surface area (Å²) in [6.07, 6.45) is 5.59. The van der Waals surface area contributed by atoms with Crippen molar-refractivity contribution in [2.24, 2.45) is 5.92 Å². The van der Waals surface area contributed by atoms with Crippen molar-refractivity contribution < 1.29 is 4.79 Å². The second-order valence-corrected chi connectivity index (χ2v) is 9.77. The number of aromatic nitrogens is 4. The van der Waals surface area contributed by atoms with E-state index in [9.17, 15) is 9.59 Å². The molecule has 1 aliphatic carbocycles. The highest BCUT2D eigenvalue weighted by atomic mass is 32.1. The van der Waals surface area contributed by atoms with Gasteiger partial charge in [-0.05, 0) is 42.7 Å². The van der Waals surface area contributed by atoms with Crippen molar-refractivity contribution in [2.45, 2.75) is 45.4 Å². The Bertz CT molecular complexity index is 1340. The minimum atomic E-state index is -0.206. The van der Waals surface area contributed by atoms with Crippen LogP contribution >= 0.6 is 11.3 Å². The molecule has 0 aliphatic heterocycles. The topological polar surface area (TPSA) is 92.7 Å². The summed E-state index contributed by atoms with van der Waals surface area (Å²) in [6.45, 7) is 1.83. The predicted molar refractivity (Wildman–Crippen MR) is 134 cm³/mol. The highest BCUT2D eigenvalue weighted by Crippen LogP contribution is 2.30.